The molecule has 9 nitrogen and oxygen atoms in total. The van der Waals surface area contributed by atoms with Gasteiger partial charge in [-0.2, -0.15) is 4.31 Å². The molecule has 2 aromatic carbocycles. The number of rotatable bonds is 12. The van der Waals surface area contributed by atoms with Crippen molar-refractivity contribution < 1.29 is 46.2 Å². The average Bonchev–Trinajstić information content (AvgIpc) is 3.50. The summed E-state index contributed by atoms with van der Waals surface area (Å²) in [4.78, 5) is 13.0. The topological polar surface area (TPSA) is 128 Å². The summed E-state index contributed by atoms with van der Waals surface area (Å²) >= 11 is 0. The quantitative estimate of drug-likeness (QED) is 0.302. The highest BCUT2D eigenvalue weighted by molar-refractivity contribution is 7.89. The summed E-state index contributed by atoms with van der Waals surface area (Å²) in [6, 6.07) is 13.1. The molecule has 0 saturated carbocycles. The van der Waals surface area contributed by atoms with Gasteiger partial charge < -0.3 is 25.1 Å². The van der Waals surface area contributed by atoms with E-state index in [0.29, 0.717) is 9.87 Å². The number of esters is 1. The smallest absolute Gasteiger partial charge is 0.306 e. The zero-order chi connectivity index (χ0) is 35.9. The van der Waals surface area contributed by atoms with Gasteiger partial charge in [-0.1, -0.05) is 44.0 Å². The lowest BCUT2D eigenvalue weighted by molar-refractivity contribution is -0.153. The summed E-state index contributed by atoms with van der Waals surface area (Å²) in [5.41, 5.74) is 6.48. The lowest BCUT2D eigenvalue weighted by Gasteiger charge is -2.30. The minimum atomic E-state index is -4.78. The maximum Gasteiger partial charge on any atom is 0.306 e. The van der Waals surface area contributed by atoms with Gasteiger partial charge in [0.25, 0.3) is 0 Å². The summed E-state index contributed by atoms with van der Waals surface area (Å²) in [6.45, 7) is -11.9. The van der Waals surface area contributed by atoms with Gasteiger partial charge in [0.2, 0.25) is 10.0 Å². The van der Waals surface area contributed by atoms with Crippen molar-refractivity contribution >= 4 is 21.7 Å². The lowest BCUT2D eigenvalue weighted by Crippen LogP contribution is -2.43. The molecule has 208 valence electrons. The molecule has 2 aliphatic rings. The van der Waals surface area contributed by atoms with Crippen LogP contribution < -0.4 is 5.73 Å². The van der Waals surface area contributed by atoms with Gasteiger partial charge in [-0.15, -0.1) is 0 Å². The molecule has 38 heavy (non-hydrogen) atoms. The van der Waals surface area contributed by atoms with Crippen LogP contribution in [0.3, 0.4) is 0 Å². The Balaban J connectivity index is 1.69. The molecule has 0 radical (unpaired) electrons. The molecular formula is C28H38N2O7S. The average molecular weight is 557 g/mol. The fourth-order valence-electron chi connectivity index (χ4n) is 4.43. The fraction of sp³-hybridized carbons (Fsp3) is 0.536. The molecule has 0 spiro atoms. The number of nitrogens with zero attached hydrogens (tertiary/aromatic N) is 1. The standard InChI is InChI=1S/C28H38N2O7S/c1-19(2)16-30(38(33,34)23-10-8-22(29)9-11-23)17-25(31)21(14-20-6-4-3-5-7-20)15-27(32)37-26-18-36-28-24(26)12-13-35-28/h3-11,19,21,24-26,28,31H,12-18,29H2,1-2H3/t21-,24+,25-,26+,28-/m1/s1/i1D3,2D3,18D2,19D,26D. The first-order valence-electron chi connectivity index (χ1n) is 17.1. The van der Waals surface area contributed by atoms with E-state index < -0.39 is 96.9 Å². The first-order chi connectivity index (χ1) is 22.0. The van der Waals surface area contributed by atoms with Gasteiger partial charge in [0.05, 0.1) is 40.6 Å². The van der Waals surface area contributed by atoms with Gasteiger partial charge in [0, 0.05) is 34.3 Å². The number of carbonyl (C=O) groups is 1. The van der Waals surface area contributed by atoms with E-state index in [0.717, 1.165) is 12.1 Å². The van der Waals surface area contributed by atoms with E-state index in [1.165, 1.54) is 12.1 Å². The third kappa shape index (κ3) is 7.12. The molecule has 0 bridgehead atoms. The van der Waals surface area contributed by atoms with E-state index >= 15 is 0 Å². The number of hydrogen-bond acceptors (Lipinski definition) is 8. The van der Waals surface area contributed by atoms with Crippen LogP contribution in [0, 0.1) is 17.7 Å². The number of aliphatic hydroxyl groups is 1. The largest absolute Gasteiger partial charge is 0.459 e. The third-order valence-corrected chi connectivity index (χ3v) is 8.26. The lowest BCUT2D eigenvalue weighted by atomic mass is 9.90. The van der Waals surface area contributed by atoms with Crippen LogP contribution in [-0.2, 0) is 35.4 Å². The summed E-state index contributed by atoms with van der Waals surface area (Å²) in [5.74, 6) is -6.57. The summed E-state index contributed by atoms with van der Waals surface area (Å²) in [7, 11) is -4.78. The minimum absolute atomic E-state index is 0.0685. The Hall–Kier alpha value is -2.50. The molecule has 2 saturated heterocycles. The number of fused-ring (bicyclic) bond motifs is 1. The van der Waals surface area contributed by atoms with Gasteiger partial charge in [-0.25, -0.2) is 8.42 Å². The molecule has 2 heterocycles. The Kier molecular flexibility index (Phi) is 5.94. The second kappa shape index (κ2) is 12.6. The molecule has 0 unspecified atom stereocenters. The molecule has 2 aliphatic heterocycles. The van der Waals surface area contributed by atoms with Crippen molar-refractivity contribution in [3.8, 4) is 0 Å². The van der Waals surface area contributed by atoms with E-state index in [4.69, 9.17) is 33.7 Å². The SMILES string of the molecule is [2H]C([2H])([2H])C([2H])(CN(C[C@@H](O)[C@@H](CC(=O)O[C@]1([2H])[C@@H]2CCO[C@@H]2OC1([2H])[2H])Cc1ccccc1)S(=O)(=O)c1ccc(N)cc1)C([2H])([2H])[2H]. The monoisotopic (exact) mass is 556 g/mol. The fourth-order valence-corrected chi connectivity index (χ4v) is 5.86. The van der Waals surface area contributed by atoms with E-state index in [1.54, 1.807) is 30.3 Å². The third-order valence-electron chi connectivity index (χ3n) is 6.43. The predicted octanol–water partition coefficient (Wildman–Crippen LogP) is 2.83. The molecular weight excluding hydrogens is 508 g/mol. The van der Waals surface area contributed by atoms with Crippen LogP contribution in [0.2, 0.25) is 0 Å². The Morgan fingerprint density at radius 1 is 1.24 bits per heavy atom. The van der Waals surface area contributed by atoms with Crippen LogP contribution in [0.1, 0.15) is 45.8 Å². The highest BCUT2D eigenvalue weighted by atomic mass is 32.2. The Morgan fingerprint density at radius 3 is 2.68 bits per heavy atom. The van der Waals surface area contributed by atoms with E-state index in [1.807, 2.05) is 0 Å². The molecule has 4 rings (SSSR count). The predicted molar refractivity (Wildman–Crippen MR) is 142 cm³/mol. The van der Waals surface area contributed by atoms with Crippen molar-refractivity contribution in [2.75, 3.05) is 32.0 Å². The van der Waals surface area contributed by atoms with Crippen LogP contribution in [0.5, 0.6) is 0 Å². The second-order valence-electron chi connectivity index (χ2n) is 9.26. The molecule has 10 heteroatoms. The van der Waals surface area contributed by atoms with E-state index in [2.05, 4.69) is 0 Å². The number of nitrogens with two attached hydrogens (primary N) is 1. The maximum atomic E-state index is 13.9. The van der Waals surface area contributed by atoms with Crippen LogP contribution in [0.15, 0.2) is 59.5 Å². The summed E-state index contributed by atoms with van der Waals surface area (Å²) < 4.78 is 125. The van der Waals surface area contributed by atoms with Crippen LogP contribution in [0.25, 0.3) is 0 Å². The number of benzene rings is 2. The van der Waals surface area contributed by atoms with Crippen molar-refractivity contribution in [1.82, 2.24) is 4.31 Å². The molecule has 2 aromatic rings. The zero-order valence-electron chi connectivity index (χ0n) is 30.6. The number of ether oxygens (including phenoxy) is 3. The second-order valence-corrected chi connectivity index (χ2v) is 11.2. The van der Waals surface area contributed by atoms with Crippen molar-refractivity contribution in [2.24, 2.45) is 17.7 Å². The van der Waals surface area contributed by atoms with E-state index in [-0.39, 0.29) is 25.1 Å². The maximum absolute atomic E-state index is 13.9. The summed E-state index contributed by atoms with van der Waals surface area (Å²) in [6.07, 6.45) is -5.95. The molecule has 5 atom stereocenters. The van der Waals surface area contributed by atoms with Crippen LogP contribution >= 0.6 is 0 Å². The first-order valence-corrected chi connectivity index (χ1v) is 13.5. The summed E-state index contributed by atoms with van der Waals surface area (Å²) in [5, 5.41) is 11.6. The van der Waals surface area contributed by atoms with Gasteiger partial charge >= 0.3 is 5.97 Å². The molecule has 0 aromatic heterocycles. The van der Waals surface area contributed by atoms with Crippen molar-refractivity contribution in [3.05, 3.63) is 60.2 Å². The molecule has 0 aliphatic carbocycles. The number of sulfonamides is 1. The van der Waals surface area contributed by atoms with Crippen molar-refractivity contribution in [3.63, 3.8) is 0 Å². The number of hydrogen-bond donors (Lipinski definition) is 2. The van der Waals surface area contributed by atoms with Crippen molar-refractivity contribution in [1.29, 1.82) is 0 Å². The highest BCUT2D eigenvalue weighted by Gasteiger charge is 2.44. The van der Waals surface area contributed by atoms with Crippen LogP contribution in [0.4, 0.5) is 5.69 Å². The number of carbonyl (C=O) groups excluding carboxylic acids is 1. The Bertz CT molecular complexity index is 1530. The number of anilines is 1. The molecule has 2 fully saturated rings. The number of aliphatic hydroxyl groups excluding tert-OH is 1. The van der Waals surface area contributed by atoms with Gasteiger partial charge in [0.15, 0.2) is 6.29 Å². The molecule has 0 amide bonds. The molecule has 3 N–H and O–H groups in total. The minimum Gasteiger partial charge on any atom is -0.459 e. The van der Waals surface area contributed by atoms with Gasteiger partial charge in [0.1, 0.15) is 6.08 Å². The first kappa shape index (κ1) is 18.0. The van der Waals surface area contributed by atoms with Crippen molar-refractivity contribution in [2.45, 2.75) is 56.3 Å². The number of nitrogen functional groups attached to an aromatic ring is 1. The Labute approximate surface area is 239 Å². The van der Waals surface area contributed by atoms with Gasteiger partial charge in [-0.05, 0) is 48.6 Å². The van der Waals surface area contributed by atoms with Crippen LogP contribution in [-0.4, -0.2) is 68.5 Å². The zero-order valence-corrected chi connectivity index (χ0v) is 21.4. The van der Waals surface area contributed by atoms with E-state index in [9.17, 15) is 18.3 Å². The highest BCUT2D eigenvalue weighted by Crippen LogP contribution is 2.33. The van der Waals surface area contributed by atoms with Gasteiger partial charge in [-0.3, -0.25) is 4.79 Å². The Morgan fingerprint density at radius 2 is 1.97 bits per heavy atom. The normalized spacial score (nSPS) is 31.0.